The molecule has 1 aromatic rings. The topological polar surface area (TPSA) is 70.0 Å². The van der Waals surface area contributed by atoms with Crippen LogP contribution in [0.15, 0.2) is 24.3 Å². The molecule has 23 heavy (non-hydrogen) atoms. The Kier molecular flexibility index (Phi) is 6.60. The number of carbonyl (C=O) groups is 1. The third-order valence-corrected chi connectivity index (χ3v) is 3.97. The summed E-state index contributed by atoms with van der Waals surface area (Å²) in [7, 11) is 1.38. The molecule has 124 valence electrons. The van der Waals surface area contributed by atoms with Crippen LogP contribution in [-0.4, -0.2) is 53.5 Å². The van der Waals surface area contributed by atoms with Crippen LogP contribution in [0.3, 0.4) is 0 Å². The molecule has 1 saturated heterocycles. The Balaban J connectivity index is 2.02. The maximum atomic E-state index is 11.9. The smallest absolute Gasteiger partial charge is 0.323 e. The van der Waals surface area contributed by atoms with Gasteiger partial charge in [0.2, 0.25) is 0 Å². The summed E-state index contributed by atoms with van der Waals surface area (Å²) in [4.78, 5) is 13.9. The van der Waals surface area contributed by atoms with E-state index in [9.17, 15) is 9.90 Å². The van der Waals surface area contributed by atoms with Crippen LogP contribution >= 0.6 is 0 Å². The van der Waals surface area contributed by atoms with Crippen molar-refractivity contribution >= 4 is 5.97 Å². The van der Waals surface area contributed by atoms with Crippen molar-refractivity contribution in [2.45, 2.75) is 38.0 Å². The molecule has 5 heteroatoms. The number of benzene rings is 1. The van der Waals surface area contributed by atoms with E-state index < -0.39 is 12.1 Å². The number of rotatable bonds is 4. The number of nitrogens with zero attached hydrogens (tertiary/aromatic N) is 1. The summed E-state index contributed by atoms with van der Waals surface area (Å²) in [6.07, 6.45) is 1.10. The van der Waals surface area contributed by atoms with E-state index >= 15 is 0 Å². The van der Waals surface area contributed by atoms with Gasteiger partial charge in [-0.05, 0) is 30.5 Å². The van der Waals surface area contributed by atoms with E-state index in [0.717, 1.165) is 11.1 Å². The molecule has 0 saturated carbocycles. The number of carbonyl (C=O) groups excluding carboxylic acids is 1. The summed E-state index contributed by atoms with van der Waals surface area (Å²) in [5.74, 6) is 5.58. The number of piperidine rings is 1. The van der Waals surface area contributed by atoms with Gasteiger partial charge in [-0.2, -0.15) is 0 Å². The van der Waals surface area contributed by atoms with Crippen molar-refractivity contribution in [1.29, 1.82) is 0 Å². The normalized spacial score (nSPS) is 21.3. The van der Waals surface area contributed by atoms with Gasteiger partial charge in [-0.25, -0.2) is 0 Å². The van der Waals surface area contributed by atoms with Gasteiger partial charge in [0.1, 0.15) is 6.04 Å². The summed E-state index contributed by atoms with van der Waals surface area (Å²) < 4.78 is 4.85. The number of aliphatic hydroxyl groups is 2. The molecule has 0 aromatic heterocycles. The molecule has 2 N–H and O–H groups in total. The Labute approximate surface area is 136 Å². The van der Waals surface area contributed by atoms with Gasteiger partial charge in [0.05, 0.1) is 19.8 Å². The molecule has 0 amide bonds. The Morgan fingerprint density at radius 3 is 2.78 bits per heavy atom. The largest absolute Gasteiger partial charge is 0.468 e. The van der Waals surface area contributed by atoms with Gasteiger partial charge in [-0.1, -0.05) is 24.0 Å². The molecule has 2 atom stereocenters. The first-order chi connectivity index (χ1) is 11.1. The van der Waals surface area contributed by atoms with Gasteiger partial charge in [0.15, 0.2) is 0 Å². The van der Waals surface area contributed by atoms with Crippen LogP contribution in [0.25, 0.3) is 0 Å². The lowest BCUT2D eigenvalue weighted by Gasteiger charge is -2.36. The van der Waals surface area contributed by atoms with Gasteiger partial charge in [-0.3, -0.25) is 9.69 Å². The van der Waals surface area contributed by atoms with Crippen LogP contribution in [0.1, 0.15) is 30.4 Å². The van der Waals surface area contributed by atoms with Crippen LogP contribution in [0.4, 0.5) is 0 Å². The van der Waals surface area contributed by atoms with Crippen molar-refractivity contribution in [3.05, 3.63) is 35.4 Å². The number of likely N-dealkylation sites (tertiary alicyclic amines) is 1. The van der Waals surface area contributed by atoms with Gasteiger partial charge < -0.3 is 14.9 Å². The van der Waals surface area contributed by atoms with Gasteiger partial charge >= 0.3 is 5.97 Å². The molecule has 0 spiro atoms. The minimum absolute atomic E-state index is 0.0702. The Morgan fingerprint density at radius 1 is 1.39 bits per heavy atom. The first-order valence-corrected chi connectivity index (χ1v) is 7.82. The SMILES string of the molecule is COC(=O)[C@@H]1C[C@H](O)CCN1Cc1ccc(C#CCCO)cc1. The molecule has 5 nitrogen and oxygen atoms in total. The van der Waals surface area contributed by atoms with Crippen LogP contribution in [0.2, 0.25) is 0 Å². The minimum Gasteiger partial charge on any atom is -0.468 e. The van der Waals surface area contributed by atoms with Crippen LogP contribution in [-0.2, 0) is 16.1 Å². The zero-order chi connectivity index (χ0) is 16.7. The molecule has 0 bridgehead atoms. The van der Waals surface area contributed by atoms with Gasteiger partial charge in [0.25, 0.3) is 0 Å². The quantitative estimate of drug-likeness (QED) is 0.638. The van der Waals surface area contributed by atoms with Crippen LogP contribution in [0, 0.1) is 11.8 Å². The first-order valence-electron chi connectivity index (χ1n) is 7.82. The molecule has 2 rings (SSSR count). The molecule has 1 heterocycles. The molecule has 0 unspecified atom stereocenters. The van der Waals surface area contributed by atoms with Crippen molar-refractivity contribution in [2.24, 2.45) is 0 Å². The third-order valence-electron chi connectivity index (χ3n) is 3.97. The predicted molar refractivity (Wildman–Crippen MR) is 86.5 cm³/mol. The van der Waals surface area contributed by atoms with E-state index in [-0.39, 0.29) is 12.6 Å². The number of aliphatic hydroxyl groups excluding tert-OH is 2. The van der Waals surface area contributed by atoms with Gasteiger partial charge in [0, 0.05) is 25.1 Å². The second kappa shape index (κ2) is 8.68. The molecule has 1 aliphatic rings. The average Bonchev–Trinajstić information content (AvgIpc) is 2.57. The highest BCUT2D eigenvalue weighted by Crippen LogP contribution is 2.21. The van der Waals surface area contributed by atoms with Crippen molar-refractivity contribution in [1.82, 2.24) is 4.90 Å². The number of hydrogen-bond acceptors (Lipinski definition) is 5. The van der Waals surface area contributed by atoms with Crippen molar-refractivity contribution in [2.75, 3.05) is 20.3 Å². The summed E-state index contributed by atoms with van der Waals surface area (Å²) >= 11 is 0. The second-order valence-electron chi connectivity index (χ2n) is 5.66. The predicted octanol–water partition coefficient (Wildman–Crippen LogP) is 0.919. The number of hydrogen-bond donors (Lipinski definition) is 2. The Bertz CT molecular complexity index is 573. The van der Waals surface area contributed by atoms with E-state index in [0.29, 0.717) is 32.4 Å². The maximum Gasteiger partial charge on any atom is 0.323 e. The van der Waals surface area contributed by atoms with E-state index in [4.69, 9.17) is 9.84 Å². The first kappa shape index (κ1) is 17.5. The zero-order valence-corrected chi connectivity index (χ0v) is 13.4. The standard InChI is InChI=1S/C18H23NO4/c1-23-18(22)17-12-16(21)9-10-19(17)13-15-7-5-14(6-8-15)4-2-3-11-20/h5-8,16-17,20-21H,3,9-13H2,1H3/t16-,17+/m1/s1. The molecule has 1 aliphatic heterocycles. The van der Waals surface area contributed by atoms with E-state index in [1.165, 1.54) is 7.11 Å². The fourth-order valence-electron chi connectivity index (χ4n) is 2.71. The molecule has 1 aromatic carbocycles. The lowest BCUT2D eigenvalue weighted by Crippen LogP contribution is -2.48. The molecular weight excluding hydrogens is 294 g/mol. The molecule has 0 radical (unpaired) electrons. The number of methoxy groups -OCH3 is 1. The number of ether oxygens (including phenoxy) is 1. The Morgan fingerprint density at radius 2 is 2.13 bits per heavy atom. The lowest BCUT2D eigenvalue weighted by molar-refractivity contribution is -0.150. The average molecular weight is 317 g/mol. The molecular formula is C18H23NO4. The van der Waals surface area contributed by atoms with Crippen molar-refractivity contribution in [3.8, 4) is 11.8 Å². The minimum atomic E-state index is -0.445. The third kappa shape index (κ3) is 5.07. The fraction of sp³-hybridized carbons (Fsp3) is 0.500. The summed E-state index contributed by atoms with van der Waals surface area (Å²) in [5, 5.41) is 18.5. The van der Waals surface area contributed by atoms with E-state index in [1.54, 1.807) is 0 Å². The van der Waals surface area contributed by atoms with Crippen LogP contribution < -0.4 is 0 Å². The highest BCUT2D eigenvalue weighted by molar-refractivity contribution is 5.75. The van der Waals surface area contributed by atoms with Crippen molar-refractivity contribution < 1.29 is 19.7 Å². The second-order valence-corrected chi connectivity index (χ2v) is 5.66. The van der Waals surface area contributed by atoms with Crippen LogP contribution in [0.5, 0.6) is 0 Å². The highest BCUT2D eigenvalue weighted by atomic mass is 16.5. The number of esters is 1. The van der Waals surface area contributed by atoms with E-state index in [2.05, 4.69) is 11.8 Å². The maximum absolute atomic E-state index is 11.9. The van der Waals surface area contributed by atoms with E-state index in [1.807, 2.05) is 29.2 Å². The summed E-state index contributed by atoms with van der Waals surface area (Å²) in [6, 6.07) is 7.45. The molecule has 0 aliphatic carbocycles. The van der Waals surface area contributed by atoms with Crippen molar-refractivity contribution in [3.63, 3.8) is 0 Å². The zero-order valence-electron chi connectivity index (χ0n) is 13.4. The Hall–Kier alpha value is -1.87. The molecule has 1 fully saturated rings. The van der Waals surface area contributed by atoms with Gasteiger partial charge in [-0.15, -0.1) is 0 Å². The lowest BCUT2D eigenvalue weighted by atomic mass is 9.98. The highest BCUT2D eigenvalue weighted by Gasteiger charge is 2.33. The fourth-order valence-corrected chi connectivity index (χ4v) is 2.71. The summed E-state index contributed by atoms with van der Waals surface area (Å²) in [5.41, 5.74) is 1.99. The monoisotopic (exact) mass is 317 g/mol. The summed E-state index contributed by atoms with van der Waals surface area (Å²) in [6.45, 7) is 1.37.